The number of nitrogens with zero attached hydrogens (tertiary/aromatic N) is 3. The van der Waals surface area contributed by atoms with Crippen LogP contribution in [0.2, 0.25) is 10.0 Å². The SMILES string of the molecule is Clc1ccc(C(OC2CCN(CCSc3nc4cc(Cl)ccc4o3)CC2)c2ccccn2)cc1. The topological polar surface area (TPSA) is 51.4 Å². The molecule has 1 aliphatic heterocycles. The number of thioether (sulfide) groups is 1. The predicted molar refractivity (Wildman–Crippen MR) is 138 cm³/mol. The minimum Gasteiger partial charge on any atom is -0.431 e. The van der Waals surface area contributed by atoms with Crippen molar-refractivity contribution in [2.75, 3.05) is 25.4 Å². The summed E-state index contributed by atoms with van der Waals surface area (Å²) in [5.41, 5.74) is 3.56. The lowest BCUT2D eigenvalue weighted by Crippen LogP contribution is -2.38. The lowest BCUT2D eigenvalue weighted by atomic mass is 10.0. The molecule has 1 unspecified atom stereocenters. The van der Waals surface area contributed by atoms with Crippen LogP contribution in [0.5, 0.6) is 0 Å². The molecular weight excluding hydrogens is 489 g/mol. The smallest absolute Gasteiger partial charge is 0.256 e. The van der Waals surface area contributed by atoms with Gasteiger partial charge in [0.05, 0.1) is 11.8 Å². The largest absolute Gasteiger partial charge is 0.431 e. The van der Waals surface area contributed by atoms with Crippen LogP contribution in [0.3, 0.4) is 0 Å². The molecule has 0 aliphatic carbocycles. The highest BCUT2D eigenvalue weighted by atomic mass is 35.5. The van der Waals surface area contributed by atoms with Crippen LogP contribution in [0.15, 0.2) is 76.5 Å². The van der Waals surface area contributed by atoms with E-state index in [0.717, 1.165) is 65.6 Å². The van der Waals surface area contributed by atoms with Gasteiger partial charge in [0, 0.05) is 41.6 Å². The van der Waals surface area contributed by atoms with Crippen LogP contribution in [-0.2, 0) is 4.74 Å². The van der Waals surface area contributed by atoms with Gasteiger partial charge in [0.15, 0.2) is 5.58 Å². The fourth-order valence-electron chi connectivity index (χ4n) is 4.15. The van der Waals surface area contributed by atoms with Gasteiger partial charge in [-0.25, -0.2) is 4.98 Å². The van der Waals surface area contributed by atoms with Crippen molar-refractivity contribution in [2.45, 2.75) is 30.3 Å². The van der Waals surface area contributed by atoms with Crippen LogP contribution in [0, 0.1) is 0 Å². The zero-order chi connectivity index (χ0) is 23.3. The van der Waals surface area contributed by atoms with Crippen molar-refractivity contribution < 1.29 is 9.15 Å². The minimum absolute atomic E-state index is 0.188. The van der Waals surface area contributed by atoms with E-state index in [1.165, 1.54) is 0 Å². The predicted octanol–water partition coefficient (Wildman–Crippen LogP) is 6.89. The van der Waals surface area contributed by atoms with Gasteiger partial charge in [0.1, 0.15) is 11.6 Å². The molecular formula is C26H25Cl2N3O2S. The van der Waals surface area contributed by atoms with E-state index < -0.39 is 0 Å². The maximum absolute atomic E-state index is 6.60. The summed E-state index contributed by atoms with van der Waals surface area (Å²) in [5, 5.41) is 2.08. The monoisotopic (exact) mass is 513 g/mol. The van der Waals surface area contributed by atoms with Crippen molar-refractivity contribution in [1.29, 1.82) is 0 Å². The Labute approximate surface area is 213 Å². The summed E-state index contributed by atoms with van der Waals surface area (Å²) in [5.74, 6) is 0.924. The number of ether oxygens (including phenoxy) is 1. The van der Waals surface area contributed by atoms with Crippen LogP contribution < -0.4 is 0 Å². The van der Waals surface area contributed by atoms with E-state index in [0.29, 0.717) is 10.2 Å². The highest BCUT2D eigenvalue weighted by Gasteiger charge is 2.25. The van der Waals surface area contributed by atoms with Gasteiger partial charge in [0.2, 0.25) is 0 Å². The summed E-state index contributed by atoms with van der Waals surface area (Å²) in [6, 6.07) is 19.3. The van der Waals surface area contributed by atoms with Crippen molar-refractivity contribution >= 4 is 46.1 Å². The number of aromatic nitrogens is 2. The Bertz CT molecular complexity index is 1210. The summed E-state index contributed by atoms with van der Waals surface area (Å²) in [4.78, 5) is 11.6. The lowest BCUT2D eigenvalue weighted by Gasteiger charge is -2.33. The first-order chi connectivity index (χ1) is 16.6. The molecule has 0 bridgehead atoms. The molecule has 3 heterocycles. The van der Waals surface area contributed by atoms with E-state index in [2.05, 4.69) is 14.9 Å². The van der Waals surface area contributed by atoms with E-state index >= 15 is 0 Å². The second-order valence-electron chi connectivity index (χ2n) is 8.30. The summed E-state index contributed by atoms with van der Waals surface area (Å²) in [6.45, 7) is 2.99. The van der Waals surface area contributed by atoms with Gasteiger partial charge in [-0.1, -0.05) is 53.2 Å². The molecule has 1 aliphatic rings. The van der Waals surface area contributed by atoms with Crippen molar-refractivity contribution in [3.05, 3.63) is 88.2 Å². The van der Waals surface area contributed by atoms with Crippen molar-refractivity contribution in [3.63, 3.8) is 0 Å². The van der Waals surface area contributed by atoms with Crippen LogP contribution in [0.1, 0.15) is 30.2 Å². The zero-order valence-corrected chi connectivity index (χ0v) is 20.9. The normalized spacial score (nSPS) is 16.2. The fraction of sp³-hybridized carbons (Fsp3) is 0.308. The number of hydrogen-bond donors (Lipinski definition) is 0. The highest BCUT2D eigenvalue weighted by molar-refractivity contribution is 7.99. The molecule has 0 spiro atoms. The Kier molecular flexibility index (Phi) is 7.72. The molecule has 8 heteroatoms. The number of halogens is 2. The number of benzene rings is 2. The maximum Gasteiger partial charge on any atom is 0.256 e. The fourth-order valence-corrected chi connectivity index (χ4v) is 5.28. The second-order valence-corrected chi connectivity index (χ2v) is 10.2. The Hall–Kier alpha value is -2.09. The van der Waals surface area contributed by atoms with E-state index in [9.17, 15) is 0 Å². The van der Waals surface area contributed by atoms with Gasteiger partial charge in [-0.05, 0) is 60.9 Å². The Morgan fingerprint density at radius 2 is 1.82 bits per heavy atom. The quantitative estimate of drug-likeness (QED) is 0.239. The summed E-state index contributed by atoms with van der Waals surface area (Å²) >= 11 is 13.8. The first-order valence-electron chi connectivity index (χ1n) is 11.4. The van der Waals surface area contributed by atoms with Gasteiger partial charge in [-0.15, -0.1) is 0 Å². The summed E-state index contributed by atoms with van der Waals surface area (Å²) in [7, 11) is 0. The van der Waals surface area contributed by atoms with E-state index in [4.69, 9.17) is 32.4 Å². The first-order valence-corrected chi connectivity index (χ1v) is 13.1. The number of hydrogen-bond acceptors (Lipinski definition) is 6. The van der Waals surface area contributed by atoms with Crippen molar-refractivity contribution in [3.8, 4) is 0 Å². The lowest BCUT2D eigenvalue weighted by molar-refractivity contribution is -0.0276. The highest BCUT2D eigenvalue weighted by Crippen LogP contribution is 2.30. The molecule has 176 valence electrons. The molecule has 2 aromatic carbocycles. The summed E-state index contributed by atoms with van der Waals surface area (Å²) < 4.78 is 12.4. The number of oxazole rings is 1. The average Bonchev–Trinajstić information content (AvgIpc) is 3.26. The number of pyridine rings is 1. The molecule has 5 rings (SSSR count). The number of fused-ring (bicyclic) bond motifs is 1. The molecule has 1 atom stereocenters. The third kappa shape index (κ3) is 5.93. The zero-order valence-electron chi connectivity index (χ0n) is 18.6. The Balaban J connectivity index is 1.13. The van der Waals surface area contributed by atoms with Crippen molar-refractivity contribution in [1.82, 2.24) is 14.9 Å². The van der Waals surface area contributed by atoms with Gasteiger partial charge in [-0.2, -0.15) is 0 Å². The van der Waals surface area contributed by atoms with E-state index in [1.54, 1.807) is 11.8 Å². The van der Waals surface area contributed by atoms with Gasteiger partial charge in [0.25, 0.3) is 5.22 Å². The third-order valence-corrected chi connectivity index (χ3v) is 7.25. The first kappa shape index (κ1) is 23.6. The molecule has 0 amide bonds. The number of likely N-dealkylation sites (tertiary alicyclic amines) is 1. The molecule has 0 N–H and O–H groups in total. The molecule has 5 nitrogen and oxygen atoms in total. The average molecular weight is 514 g/mol. The molecule has 1 saturated heterocycles. The van der Waals surface area contributed by atoms with Gasteiger partial charge in [-0.3, -0.25) is 4.98 Å². The third-order valence-electron chi connectivity index (χ3n) is 5.96. The second kappa shape index (κ2) is 11.1. The van der Waals surface area contributed by atoms with E-state index in [1.807, 2.05) is 66.9 Å². The molecule has 0 radical (unpaired) electrons. The van der Waals surface area contributed by atoms with Crippen LogP contribution in [0.4, 0.5) is 0 Å². The molecule has 34 heavy (non-hydrogen) atoms. The molecule has 4 aromatic rings. The van der Waals surface area contributed by atoms with E-state index in [-0.39, 0.29) is 12.2 Å². The molecule has 1 fully saturated rings. The van der Waals surface area contributed by atoms with Crippen LogP contribution in [0.25, 0.3) is 11.1 Å². The Morgan fingerprint density at radius 3 is 2.59 bits per heavy atom. The van der Waals surface area contributed by atoms with Gasteiger partial charge < -0.3 is 14.1 Å². The molecule has 2 aromatic heterocycles. The van der Waals surface area contributed by atoms with Crippen LogP contribution in [-0.4, -0.2) is 46.4 Å². The van der Waals surface area contributed by atoms with Gasteiger partial charge >= 0.3 is 0 Å². The number of piperidine rings is 1. The summed E-state index contributed by atoms with van der Waals surface area (Å²) in [6.07, 6.45) is 3.78. The number of rotatable bonds is 8. The van der Waals surface area contributed by atoms with Crippen molar-refractivity contribution in [2.24, 2.45) is 0 Å². The van der Waals surface area contributed by atoms with Crippen LogP contribution >= 0.6 is 35.0 Å². The molecule has 0 saturated carbocycles. The standard InChI is InChI=1S/C26H25Cl2N3O2S/c27-19-6-4-18(5-7-19)25(22-3-1-2-12-29-22)32-21-10-13-31(14-11-21)15-16-34-26-30-23-17-20(28)8-9-24(23)33-26/h1-9,12,17,21,25H,10-11,13-16H2. The maximum atomic E-state index is 6.60. The minimum atomic E-state index is -0.196. The Morgan fingerprint density at radius 1 is 1.03 bits per heavy atom.